The maximum Gasteiger partial charge on any atom is 0.242 e. The van der Waals surface area contributed by atoms with Gasteiger partial charge in [0, 0.05) is 30.5 Å². The molecule has 4 rings (SSSR count). The first kappa shape index (κ1) is 16.7. The van der Waals surface area contributed by atoms with E-state index in [0.717, 1.165) is 16.3 Å². The van der Waals surface area contributed by atoms with Gasteiger partial charge in [0.05, 0.1) is 6.54 Å². The Kier molecular flexibility index (Phi) is 4.66. The summed E-state index contributed by atoms with van der Waals surface area (Å²) in [4.78, 5) is 27.5. The number of likely N-dealkylation sites (tertiary alicyclic amines) is 1. The number of rotatable bonds is 6. The quantitative estimate of drug-likeness (QED) is 0.716. The van der Waals surface area contributed by atoms with E-state index in [1.165, 1.54) is 0 Å². The van der Waals surface area contributed by atoms with Crippen LogP contribution in [0.15, 0.2) is 41.9 Å². The van der Waals surface area contributed by atoms with E-state index >= 15 is 0 Å². The molecule has 26 heavy (non-hydrogen) atoms. The number of fused-ring (bicyclic) bond motifs is 1. The minimum Gasteiger partial charge on any atom is -0.354 e. The van der Waals surface area contributed by atoms with E-state index in [2.05, 4.69) is 15.5 Å². The van der Waals surface area contributed by atoms with Gasteiger partial charge in [-0.1, -0.05) is 12.1 Å². The normalized spacial score (nSPS) is 17.2. The predicted molar refractivity (Wildman–Crippen MR) is 97.6 cm³/mol. The number of aromatic nitrogens is 3. The van der Waals surface area contributed by atoms with Crippen LogP contribution in [-0.4, -0.2) is 43.9 Å². The molecule has 0 radical (unpaired) electrons. The minimum atomic E-state index is -0.389. The summed E-state index contributed by atoms with van der Waals surface area (Å²) in [7, 11) is 0. The lowest BCUT2D eigenvalue weighted by atomic mass is 10.2. The van der Waals surface area contributed by atoms with E-state index in [1.807, 2.05) is 46.3 Å². The van der Waals surface area contributed by atoms with Crippen molar-refractivity contribution < 1.29 is 9.59 Å². The highest BCUT2D eigenvalue weighted by Crippen LogP contribution is 2.23. The summed E-state index contributed by atoms with van der Waals surface area (Å²) in [6.45, 7) is 0.968. The van der Waals surface area contributed by atoms with Crippen LogP contribution in [0.25, 0.3) is 5.65 Å². The molecule has 7 nitrogen and oxygen atoms in total. The van der Waals surface area contributed by atoms with Crippen molar-refractivity contribution in [2.24, 2.45) is 0 Å². The van der Waals surface area contributed by atoms with Gasteiger partial charge < -0.3 is 10.2 Å². The number of thiophene rings is 1. The van der Waals surface area contributed by atoms with Crippen LogP contribution in [0.4, 0.5) is 0 Å². The molecule has 3 aromatic heterocycles. The molecule has 4 heterocycles. The first-order valence-electron chi connectivity index (χ1n) is 8.60. The van der Waals surface area contributed by atoms with Crippen LogP contribution >= 0.6 is 11.3 Å². The van der Waals surface area contributed by atoms with Crippen LogP contribution in [0.5, 0.6) is 0 Å². The van der Waals surface area contributed by atoms with Crippen molar-refractivity contribution in [1.82, 2.24) is 24.8 Å². The highest BCUT2D eigenvalue weighted by Gasteiger charge is 2.35. The lowest BCUT2D eigenvalue weighted by molar-refractivity contribution is -0.135. The highest BCUT2D eigenvalue weighted by molar-refractivity contribution is 7.09. The number of amides is 2. The van der Waals surface area contributed by atoms with Gasteiger partial charge in [-0.15, -0.1) is 21.5 Å². The van der Waals surface area contributed by atoms with Crippen molar-refractivity contribution in [2.45, 2.75) is 31.8 Å². The summed E-state index contributed by atoms with van der Waals surface area (Å²) in [5, 5.41) is 13.2. The first-order valence-corrected chi connectivity index (χ1v) is 9.48. The lowest BCUT2D eigenvalue weighted by Crippen LogP contribution is -2.44. The largest absolute Gasteiger partial charge is 0.354 e. The molecular weight excluding hydrogens is 350 g/mol. The molecule has 0 spiro atoms. The molecule has 0 aromatic carbocycles. The van der Waals surface area contributed by atoms with E-state index in [9.17, 15) is 9.59 Å². The maximum atomic E-state index is 12.6. The third kappa shape index (κ3) is 3.32. The molecule has 1 saturated heterocycles. The molecular formula is C18H19N5O2S. The fourth-order valence-electron chi connectivity index (χ4n) is 3.25. The van der Waals surface area contributed by atoms with E-state index in [4.69, 9.17) is 0 Å². The molecule has 0 saturated carbocycles. The fraction of sp³-hybridized carbons (Fsp3) is 0.333. The van der Waals surface area contributed by atoms with Crippen LogP contribution in [0.2, 0.25) is 0 Å². The van der Waals surface area contributed by atoms with Gasteiger partial charge in [0.15, 0.2) is 5.65 Å². The Balaban J connectivity index is 1.36. The maximum absolute atomic E-state index is 12.6. The molecule has 1 atom stereocenters. The Morgan fingerprint density at radius 3 is 3.04 bits per heavy atom. The molecule has 134 valence electrons. The Morgan fingerprint density at radius 1 is 1.27 bits per heavy atom. The first-order chi connectivity index (χ1) is 12.7. The fourth-order valence-corrected chi connectivity index (χ4v) is 3.95. The van der Waals surface area contributed by atoms with Gasteiger partial charge >= 0.3 is 0 Å². The van der Waals surface area contributed by atoms with Gasteiger partial charge in [0.1, 0.15) is 11.9 Å². The van der Waals surface area contributed by atoms with Gasteiger partial charge in [-0.3, -0.25) is 14.0 Å². The van der Waals surface area contributed by atoms with Gasteiger partial charge in [-0.25, -0.2) is 0 Å². The van der Waals surface area contributed by atoms with Crippen molar-refractivity contribution in [2.75, 3.05) is 6.54 Å². The molecule has 1 aliphatic heterocycles. The van der Waals surface area contributed by atoms with Crippen LogP contribution < -0.4 is 5.32 Å². The number of nitrogens with one attached hydrogen (secondary N) is 1. The zero-order valence-electron chi connectivity index (χ0n) is 14.2. The molecule has 0 bridgehead atoms. The number of pyridine rings is 1. The third-order valence-corrected chi connectivity index (χ3v) is 5.43. The molecule has 8 heteroatoms. The van der Waals surface area contributed by atoms with Gasteiger partial charge in [-0.05, 0) is 30.0 Å². The van der Waals surface area contributed by atoms with Gasteiger partial charge in [0.25, 0.3) is 0 Å². The summed E-state index contributed by atoms with van der Waals surface area (Å²) in [6, 6.07) is 9.28. The molecule has 1 aliphatic rings. The number of hydrogen-bond donors (Lipinski definition) is 1. The number of carbonyl (C=O) groups is 2. The SMILES string of the molecule is O=C(NCCc1nnc2ccccn12)C1CCC(=O)N1Cc1cccs1. The van der Waals surface area contributed by atoms with E-state index in [-0.39, 0.29) is 17.9 Å². The van der Waals surface area contributed by atoms with Crippen molar-refractivity contribution >= 4 is 28.8 Å². The van der Waals surface area contributed by atoms with Crippen LogP contribution in [0.1, 0.15) is 23.5 Å². The molecule has 2 amide bonds. The standard InChI is InChI=1S/C18H19N5O2S/c24-17-7-6-14(23(17)12-13-4-3-11-26-13)18(25)19-9-8-16-21-20-15-5-1-2-10-22(15)16/h1-5,10-11,14H,6-9,12H2,(H,19,25). The predicted octanol–water partition coefficient (Wildman–Crippen LogP) is 1.64. The summed E-state index contributed by atoms with van der Waals surface area (Å²) < 4.78 is 1.91. The average molecular weight is 369 g/mol. The highest BCUT2D eigenvalue weighted by atomic mass is 32.1. The Hall–Kier alpha value is -2.74. The summed E-state index contributed by atoms with van der Waals surface area (Å²) >= 11 is 1.60. The Morgan fingerprint density at radius 2 is 2.19 bits per heavy atom. The van der Waals surface area contributed by atoms with Gasteiger partial charge in [-0.2, -0.15) is 0 Å². The number of nitrogens with zero attached hydrogens (tertiary/aromatic N) is 4. The third-order valence-electron chi connectivity index (χ3n) is 4.57. The molecule has 0 aliphatic carbocycles. The van der Waals surface area contributed by atoms with Gasteiger partial charge in [0.2, 0.25) is 11.8 Å². The zero-order valence-corrected chi connectivity index (χ0v) is 15.0. The topological polar surface area (TPSA) is 79.6 Å². The minimum absolute atomic E-state index is 0.0435. The molecule has 1 unspecified atom stereocenters. The molecule has 3 aromatic rings. The second-order valence-corrected chi connectivity index (χ2v) is 7.27. The molecule has 1 fully saturated rings. The summed E-state index contributed by atoms with van der Waals surface area (Å²) in [6.07, 6.45) is 3.50. The second kappa shape index (κ2) is 7.25. The molecule has 1 N–H and O–H groups in total. The average Bonchev–Trinajstić information content (AvgIpc) is 3.37. The van der Waals surface area contributed by atoms with Crippen LogP contribution in [-0.2, 0) is 22.6 Å². The van der Waals surface area contributed by atoms with Crippen molar-refractivity contribution in [1.29, 1.82) is 0 Å². The van der Waals surface area contributed by atoms with E-state index in [0.29, 0.717) is 32.4 Å². The Labute approximate surface area is 154 Å². The number of hydrogen-bond acceptors (Lipinski definition) is 5. The summed E-state index contributed by atoms with van der Waals surface area (Å²) in [5.41, 5.74) is 0.789. The van der Waals surface area contributed by atoms with E-state index < -0.39 is 0 Å². The lowest BCUT2D eigenvalue weighted by Gasteiger charge is -2.23. The monoisotopic (exact) mass is 369 g/mol. The van der Waals surface area contributed by atoms with Crippen LogP contribution in [0, 0.1) is 0 Å². The summed E-state index contributed by atoms with van der Waals surface area (Å²) in [5.74, 6) is 0.752. The van der Waals surface area contributed by atoms with Crippen LogP contribution in [0.3, 0.4) is 0 Å². The number of carbonyl (C=O) groups excluding carboxylic acids is 2. The second-order valence-electron chi connectivity index (χ2n) is 6.24. The van der Waals surface area contributed by atoms with Crippen molar-refractivity contribution in [3.05, 3.63) is 52.6 Å². The smallest absolute Gasteiger partial charge is 0.242 e. The van der Waals surface area contributed by atoms with Crippen molar-refractivity contribution in [3.63, 3.8) is 0 Å². The van der Waals surface area contributed by atoms with E-state index in [1.54, 1.807) is 16.2 Å². The zero-order chi connectivity index (χ0) is 17.9. The van der Waals surface area contributed by atoms with Crippen molar-refractivity contribution in [3.8, 4) is 0 Å². The Bertz CT molecular complexity index is 921.